The summed E-state index contributed by atoms with van der Waals surface area (Å²) in [7, 11) is 0. The topological polar surface area (TPSA) is 44.5 Å². The Morgan fingerprint density at radius 1 is 1.19 bits per heavy atom. The fourth-order valence-corrected chi connectivity index (χ4v) is 5.72. The van der Waals surface area contributed by atoms with Gasteiger partial charge in [0.05, 0.1) is 17.3 Å². The Morgan fingerprint density at radius 2 is 2.00 bits per heavy atom. The third kappa shape index (κ3) is 3.77. The van der Waals surface area contributed by atoms with Gasteiger partial charge in [0.2, 0.25) is 0 Å². The average Bonchev–Trinajstić information content (AvgIpc) is 2.48. The van der Waals surface area contributed by atoms with Crippen LogP contribution in [0.4, 0.5) is 0 Å². The van der Waals surface area contributed by atoms with Crippen molar-refractivity contribution in [3.63, 3.8) is 0 Å². The van der Waals surface area contributed by atoms with Crippen molar-refractivity contribution < 1.29 is 9.47 Å². The van der Waals surface area contributed by atoms with Crippen LogP contribution in [-0.2, 0) is 9.47 Å². The maximum atomic E-state index is 6.66. The van der Waals surface area contributed by atoms with E-state index in [1.54, 1.807) is 0 Å². The lowest BCUT2D eigenvalue weighted by Gasteiger charge is -2.47. The predicted molar refractivity (Wildman–Crippen MR) is 88.8 cm³/mol. The van der Waals surface area contributed by atoms with E-state index in [0.29, 0.717) is 12.6 Å². The van der Waals surface area contributed by atoms with Crippen molar-refractivity contribution in [2.75, 3.05) is 24.7 Å². The fourth-order valence-electron chi connectivity index (χ4n) is 4.48. The molecule has 3 atom stereocenters. The molecule has 3 fully saturated rings. The number of thioether (sulfide) groups is 1. The van der Waals surface area contributed by atoms with Crippen molar-refractivity contribution in [2.45, 2.75) is 75.6 Å². The molecule has 0 aromatic rings. The van der Waals surface area contributed by atoms with Gasteiger partial charge >= 0.3 is 0 Å². The van der Waals surface area contributed by atoms with Gasteiger partial charge in [-0.25, -0.2) is 0 Å². The molecule has 2 saturated heterocycles. The third-order valence-corrected chi connectivity index (χ3v) is 6.68. The predicted octanol–water partition coefficient (Wildman–Crippen LogP) is 3.36. The summed E-state index contributed by atoms with van der Waals surface area (Å²) in [4.78, 5) is 0. The van der Waals surface area contributed by atoms with Crippen LogP contribution in [0.25, 0.3) is 0 Å². The molecule has 3 nitrogen and oxygen atoms in total. The molecule has 2 aliphatic heterocycles. The van der Waals surface area contributed by atoms with E-state index in [9.17, 15) is 0 Å². The molecule has 2 N–H and O–H groups in total. The lowest BCUT2D eigenvalue weighted by atomic mass is 9.78. The summed E-state index contributed by atoms with van der Waals surface area (Å²) in [5.41, 5.74) is 6.19. The quantitative estimate of drug-likeness (QED) is 0.868. The highest BCUT2D eigenvalue weighted by Gasteiger charge is 2.43. The first-order valence-corrected chi connectivity index (χ1v) is 9.90. The lowest BCUT2D eigenvalue weighted by Crippen LogP contribution is -2.51. The van der Waals surface area contributed by atoms with Gasteiger partial charge in [0.25, 0.3) is 0 Å². The van der Waals surface area contributed by atoms with Crippen LogP contribution in [-0.4, -0.2) is 42.0 Å². The number of hydrogen-bond acceptors (Lipinski definition) is 4. The number of ether oxygens (including phenoxy) is 2. The highest BCUT2D eigenvalue weighted by Crippen LogP contribution is 2.42. The highest BCUT2D eigenvalue weighted by atomic mass is 32.2. The molecule has 0 radical (unpaired) electrons. The summed E-state index contributed by atoms with van der Waals surface area (Å²) in [6.07, 6.45) is 9.78. The average molecular weight is 314 g/mol. The molecule has 1 spiro atoms. The van der Waals surface area contributed by atoms with Crippen LogP contribution in [0, 0.1) is 5.92 Å². The van der Waals surface area contributed by atoms with E-state index in [1.165, 1.54) is 37.2 Å². The number of hydrogen-bond donors (Lipinski definition) is 1. The Labute approximate surface area is 133 Å². The van der Waals surface area contributed by atoms with Gasteiger partial charge in [0, 0.05) is 19.6 Å². The van der Waals surface area contributed by atoms with E-state index < -0.39 is 0 Å². The van der Waals surface area contributed by atoms with Gasteiger partial charge in [-0.2, -0.15) is 11.8 Å². The van der Waals surface area contributed by atoms with E-state index >= 15 is 0 Å². The molecule has 3 rings (SSSR count). The zero-order chi connectivity index (χ0) is 14.8. The van der Waals surface area contributed by atoms with E-state index in [4.69, 9.17) is 15.2 Å². The van der Waals surface area contributed by atoms with Gasteiger partial charge in [-0.15, -0.1) is 0 Å². The second-order valence-corrected chi connectivity index (χ2v) is 8.69. The van der Waals surface area contributed by atoms with Crippen LogP contribution in [0.1, 0.15) is 58.3 Å². The van der Waals surface area contributed by atoms with Gasteiger partial charge in [-0.05, 0) is 49.5 Å². The van der Waals surface area contributed by atoms with Crippen molar-refractivity contribution in [2.24, 2.45) is 11.7 Å². The van der Waals surface area contributed by atoms with Crippen molar-refractivity contribution in [3.05, 3.63) is 0 Å². The Hall–Kier alpha value is 0.230. The summed E-state index contributed by atoms with van der Waals surface area (Å²) in [5.74, 6) is 3.24. The van der Waals surface area contributed by atoms with Crippen LogP contribution < -0.4 is 5.73 Å². The zero-order valence-corrected chi connectivity index (χ0v) is 14.3. The van der Waals surface area contributed by atoms with Crippen molar-refractivity contribution in [1.82, 2.24) is 0 Å². The molecular weight excluding hydrogens is 282 g/mol. The summed E-state index contributed by atoms with van der Waals surface area (Å²) >= 11 is 2.06. The summed E-state index contributed by atoms with van der Waals surface area (Å²) in [6.45, 7) is 3.89. The summed E-state index contributed by atoms with van der Waals surface area (Å²) in [5, 5.41) is 0. The minimum atomic E-state index is -0.0513. The summed E-state index contributed by atoms with van der Waals surface area (Å²) < 4.78 is 12.8. The molecule has 0 bridgehead atoms. The van der Waals surface area contributed by atoms with E-state index in [-0.39, 0.29) is 11.2 Å². The van der Waals surface area contributed by atoms with Crippen molar-refractivity contribution in [1.29, 1.82) is 0 Å². The number of rotatable bonds is 3. The third-order valence-electron chi connectivity index (χ3n) is 5.69. The monoisotopic (exact) mass is 313 g/mol. The molecular formula is C17H31NO2S. The Bertz CT molecular complexity index is 340. The van der Waals surface area contributed by atoms with Crippen LogP contribution >= 0.6 is 11.8 Å². The van der Waals surface area contributed by atoms with E-state index in [2.05, 4.69) is 18.7 Å². The Kier molecular flexibility index (Phi) is 5.19. The van der Waals surface area contributed by atoms with Crippen molar-refractivity contribution in [3.8, 4) is 0 Å². The molecule has 2 heterocycles. The zero-order valence-electron chi connectivity index (χ0n) is 13.4. The van der Waals surface area contributed by atoms with E-state index in [0.717, 1.165) is 38.2 Å². The molecule has 4 heteroatoms. The molecule has 122 valence electrons. The van der Waals surface area contributed by atoms with Gasteiger partial charge in [-0.1, -0.05) is 19.8 Å². The smallest absolute Gasteiger partial charge is 0.0810 e. The van der Waals surface area contributed by atoms with E-state index in [1.807, 2.05) is 0 Å². The van der Waals surface area contributed by atoms with Crippen molar-refractivity contribution >= 4 is 11.8 Å². The molecule has 0 aromatic heterocycles. The largest absolute Gasteiger partial charge is 0.375 e. The maximum absolute atomic E-state index is 6.66. The maximum Gasteiger partial charge on any atom is 0.0810 e. The molecule has 0 aromatic carbocycles. The van der Waals surface area contributed by atoms with Gasteiger partial charge < -0.3 is 15.2 Å². The lowest BCUT2D eigenvalue weighted by molar-refractivity contribution is -0.185. The summed E-state index contributed by atoms with van der Waals surface area (Å²) in [6, 6.07) is 0. The molecule has 0 amide bonds. The minimum absolute atomic E-state index is 0.0513. The second-order valence-electron chi connectivity index (χ2n) is 7.47. The van der Waals surface area contributed by atoms with Crippen LogP contribution in [0.15, 0.2) is 0 Å². The normalized spacial score (nSPS) is 40.3. The van der Waals surface area contributed by atoms with Gasteiger partial charge in [0.1, 0.15) is 0 Å². The molecule has 1 aliphatic carbocycles. The SMILES string of the molecule is CC1CCCC(CN)(OC2CCOC3(CCSCC3)C2)C1. The first-order valence-electron chi connectivity index (χ1n) is 8.75. The first kappa shape index (κ1) is 16.1. The fraction of sp³-hybridized carbons (Fsp3) is 1.00. The second kappa shape index (κ2) is 6.77. The first-order chi connectivity index (χ1) is 10.2. The molecule has 21 heavy (non-hydrogen) atoms. The Balaban J connectivity index is 1.63. The van der Waals surface area contributed by atoms with Crippen LogP contribution in [0.3, 0.4) is 0 Å². The molecule has 3 unspecified atom stereocenters. The van der Waals surface area contributed by atoms with Crippen LogP contribution in [0.5, 0.6) is 0 Å². The standard InChI is InChI=1S/C17H31NO2S/c1-14-3-2-5-17(11-14,13-18)20-15-4-8-19-16(12-15)6-9-21-10-7-16/h14-15H,2-13,18H2,1H3. The molecule has 3 aliphatic rings. The van der Waals surface area contributed by atoms with Gasteiger partial charge in [-0.3, -0.25) is 0 Å². The Morgan fingerprint density at radius 3 is 2.71 bits per heavy atom. The number of nitrogens with two attached hydrogens (primary N) is 1. The minimum Gasteiger partial charge on any atom is -0.375 e. The molecule has 1 saturated carbocycles. The highest BCUT2D eigenvalue weighted by molar-refractivity contribution is 7.99. The van der Waals surface area contributed by atoms with Gasteiger partial charge in [0.15, 0.2) is 0 Å². The van der Waals surface area contributed by atoms with Crippen LogP contribution in [0.2, 0.25) is 0 Å².